The van der Waals surface area contributed by atoms with Gasteiger partial charge in [-0.15, -0.1) is 0 Å². The molecule has 0 saturated carbocycles. The molecule has 0 aromatic heterocycles. The van der Waals surface area contributed by atoms with E-state index in [9.17, 15) is 21.6 Å². The Kier molecular flexibility index (Phi) is 6.20. The number of hydrogen-bond acceptors (Lipinski definition) is 7. The fourth-order valence-electron chi connectivity index (χ4n) is 0.932. The molecule has 18 heavy (non-hydrogen) atoms. The van der Waals surface area contributed by atoms with Crippen molar-refractivity contribution in [1.29, 1.82) is 0 Å². The van der Waals surface area contributed by atoms with E-state index in [2.05, 4.69) is 8.92 Å². The highest BCUT2D eigenvalue weighted by molar-refractivity contribution is 7.90. The van der Waals surface area contributed by atoms with Crippen LogP contribution < -0.4 is 0 Å². The van der Waals surface area contributed by atoms with Gasteiger partial charge in [0, 0.05) is 0 Å². The molecule has 0 fully saturated rings. The third-order valence-electron chi connectivity index (χ3n) is 1.86. The minimum absolute atomic E-state index is 0.0635. The Balaban J connectivity index is 4.64. The summed E-state index contributed by atoms with van der Waals surface area (Å²) in [6.45, 7) is 3.77. The minimum atomic E-state index is -4.48. The third-order valence-corrected chi connectivity index (χ3v) is 4.74. The van der Waals surface area contributed by atoms with Gasteiger partial charge in [-0.3, -0.25) is 8.74 Å². The Morgan fingerprint density at radius 1 is 1.22 bits per heavy atom. The first-order chi connectivity index (χ1) is 7.99. The van der Waals surface area contributed by atoms with Crippen molar-refractivity contribution in [3.8, 4) is 0 Å². The van der Waals surface area contributed by atoms with Gasteiger partial charge in [0.1, 0.15) is 0 Å². The average Bonchev–Trinajstić information content (AvgIpc) is 2.14. The van der Waals surface area contributed by atoms with Gasteiger partial charge in [0.15, 0.2) is 6.10 Å². The number of ether oxygens (including phenoxy) is 1. The van der Waals surface area contributed by atoms with Gasteiger partial charge in [0.25, 0.3) is 20.2 Å². The SMILES string of the molecule is CCOC(=O)C(C)OS(=O)(=O)CC(C)S(=O)(=O)O. The summed E-state index contributed by atoms with van der Waals surface area (Å²) in [7, 11) is -8.74. The van der Waals surface area contributed by atoms with Crippen molar-refractivity contribution in [2.24, 2.45) is 0 Å². The topological polar surface area (TPSA) is 124 Å². The summed E-state index contributed by atoms with van der Waals surface area (Å²) in [5.74, 6) is -1.82. The van der Waals surface area contributed by atoms with E-state index in [1.54, 1.807) is 6.92 Å². The molecule has 0 amide bonds. The van der Waals surface area contributed by atoms with Crippen molar-refractivity contribution < 1.29 is 35.1 Å². The zero-order chi connectivity index (χ0) is 14.6. The normalized spacial score (nSPS) is 16.0. The highest BCUT2D eigenvalue weighted by atomic mass is 32.2. The van der Waals surface area contributed by atoms with Gasteiger partial charge < -0.3 is 4.74 Å². The van der Waals surface area contributed by atoms with Crippen LogP contribution in [0.25, 0.3) is 0 Å². The maximum absolute atomic E-state index is 11.4. The van der Waals surface area contributed by atoms with Crippen LogP contribution in [-0.4, -0.2) is 51.1 Å². The summed E-state index contributed by atoms with van der Waals surface area (Å²) in [6, 6.07) is 0. The van der Waals surface area contributed by atoms with Gasteiger partial charge in [0.05, 0.1) is 17.6 Å². The van der Waals surface area contributed by atoms with Crippen LogP contribution in [0.5, 0.6) is 0 Å². The molecule has 0 radical (unpaired) electrons. The number of carbonyl (C=O) groups excluding carboxylic acids is 1. The lowest BCUT2D eigenvalue weighted by molar-refractivity contribution is -0.150. The molecule has 0 spiro atoms. The van der Waals surface area contributed by atoms with Crippen molar-refractivity contribution in [3.63, 3.8) is 0 Å². The van der Waals surface area contributed by atoms with Gasteiger partial charge in [0.2, 0.25) is 0 Å². The highest BCUT2D eigenvalue weighted by Gasteiger charge is 2.29. The van der Waals surface area contributed by atoms with Crippen molar-refractivity contribution >= 4 is 26.2 Å². The first-order valence-electron chi connectivity index (χ1n) is 5.03. The van der Waals surface area contributed by atoms with E-state index in [4.69, 9.17) is 4.55 Å². The van der Waals surface area contributed by atoms with Gasteiger partial charge in [-0.2, -0.15) is 16.8 Å². The second kappa shape index (κ2) is 6.45. The molecule has 0 aliphatic carbocycles. The molecular weight excluding hydrogens is 288 g/mol. The van der Waals surface area contributed by atoms with Crippen LogP contribution in [0.1, 0.15) is 20.8 Å². The fraction of sp³-hybridized carbons (Fsp3) is 0.875. The Bertz CT molecular complexity index is 477. The van der Waals surface area contributed by atoms with Crippen molar-refractivity contribution in [1.82, 2.24) is 0 Å². The van der Waals surface area contributed by atoms with Gasteiger partial charge in [-0.25, -0.2) is 4.79 Å². The zero-order valence-corrected chi connectivity index (χ0v) is 11.8. The molecule has 2 atom stereocenters. The lowest BCUT2D eigenvalue weighted by Crippen LogP contribution is -2.32. The van der Waals surface area contributed by atoms with Crippen LogP contribution in [-0.2, 0) is 34.0 Å². The molecule has 108 valence electrons. The van der Waals surface area contributed by atoms with Crippen molar-refractivity contribution in [3.05, 3.63) is 0 Å². The Morgan fingerprint density at radius 2 is 1.72 bits per heavy atom. The summed E-state index contributed by atoms with van der Waals surface area (Å²) in [5, 5.41) is -1.54. The van der Waals surface area contributed by atoms with Crippen molar-refractivity contribution in [2.45, 2.75) is 32.1 Å². The second-order valence-electron chi connectivity index (χ2n) is 3.54. The molecule has 8 nitrogen and oxygen atoms in total. The van der Waals surface area contributed by atoms with Crippen LogP contribution in [0, 0.1) is 0 Å². The summed E-state index contributed by atoms with van der Waals surface area (Å²) < 4.78 is 61.8. The quantitative estimate of drug-likeness (QED) is 0.381. The predicted molar refractivity (Wildman–Crippen MR) is 62.0 cm³/mol. The average molecular weight is 304 g/mol. The molecule has 0 rings (SSSR count). The number of rotatable bonds is 7. The molecule has 0 saturated heterocycles. The molecule has 0 aromatic carbocycles. The number of hydrogen-bond donors (Lipinski definition) is 1. The van der Waals surface area contributed by atoms with E-state index in [1.165, 1.54) is 0 Å². The molecule has 10 heteroatoms. The lowest BCUT2D eigenvalue weighted by Gasteiger charge is -2.13. The third kappa shape index (κ3) is 6.28. The summed E-state index contributed by atoms with van der Waals surface area (Å²) >= 11 is 0. The van der Waals surface area contributed by atoms with Crippen LogP contribution in [0.2, 0.25) is 0 Å². The number of esters is 1. The predicted octanol–water partition coefficient (Wildman–Crippen LogP) is -0.439. The molecule has 0 aromatic rings. The Labute approximate surface area is 106 Å². The van der Waals surface area contributed by atoms with E-state index in [0.29, 0.717) is 0 Å². The summed E-state index contributed by atoms with van der Waals surface area (Å²) in [4.78, 5) is 11.1. The summed E-state index contributed by atoms with van der Waals surface area (Å²) in [5.41, 5.74) is 0. The van der Waals surface area contributed by atoms with Crippen molar-refractivity contribution in [2.75, 3.05) is 12.4 Å². The van der Waals surface area contributed by atoms with Gasteiger partial charge >= 0.3 is 5.97 Å². The van der Waals surface area contributed by atoms with E-state index in [1.807, 2.05) is 0 Å². The second-order valence-corrected chi connectivity index (χ2v) is 7.02. The molecular formula is C8H16O8S2. The number of carbonyl (C=O) groups is 1. The van der Waals surface area contributed by atoms with Gasteiger partial charge in [-0.05, 0) is 20.8 Å². The monoisotopic (exact) mass is 304 g/mol. The molecule has 0 aliphatic rings. The maximum Gasteiger partial charge on any atom is 0.336 e. The Morgan fingerprint density at radius 3 is 2.11 bits per heavy atom. The largest absolute Gasteiger partial charge is 0.464 e. The Hall–Kier alpha value is -0.710. The van der Waals surface area contributed by atoms with Gasteiger partial charge in [-0.1, -0.05) is 0 Å². The maximum atomic E-state index is 11.4. The first-order valence-corrected chi connectivity index (χ1v) is 8.11. The summed E-state index contributed by atoms with van der Waals surface area (Å²) in [6.07, 6.45) is -1.37. The van der Waals surface area contributed by atoms with E-state index in [0.717, 1.165) is 13.8 Å². The zero-order valence-electron chi connectivity index (χ0n) is 10.2. The van der Waals surface area contributed by atoms with E-state index >= 15 is 0 Å². The molecule has 0 heterocycles. The molecule has 2 unspecified atom stereocenters. The smallest absolute Gasteiger partial charge is 0.336 e. The first kappa shape index (κ1) is 17.3. The van der Waals surface area contributed by atoms with E-state index < -0.39 is 43.3 Å². The van der Waals surface area contributed by atoms with E-state index in [-0.39, 0.29) is 6.61 Å². The molecule has 0 bridgehead atoms. The van der Waals surface area contributed by atoms with Crippen LogP contribution >= 0.6 is 0 Å². The minimum Gasteiger partial charge on any atom is -0.464 e. The highest BCUT2D eigenvalue weighted by Crippen LogP contribution is 2.08. The fourth-order valence-corrected chi connectivity index (χ4v) is 3.29. The lowest BCUT2D eigenvalue weighted by atomic mass is 10.4. The molecule has 1 N–H and O–H groups in total. The standard InChI is InChI=1S/C8H16O8S2/c1-4-15-8(9)7(3)16-17(10,11)5-6(2)18(12,13)14/h6-7H,4-5H2,1-3H3,(H,12,13,14). The van der Waals surface area contributed by atoms with Crippen LogP contribution in [0.4, 0.5) is 0 Å². The van der Waals surface area contributed by atoms with Crippen LogP contribution in [0.15, 0.2) is 0 Å². The van der Waals surface area contributed by atoms with Crippen LogP contribution in [0.3, 0.4) is 0 Å². The molecule has 0 aliphatic heterocycles.